The number of rotatable bonds is 6. The Morgan fingerprint density at radius 1 is 0.444 bits per heavy atom. The fourth-order valence-electron chi connectivity index (χ4n) is 3.12. The second-order valence-corrected chi connectivity index (χ2v) is 6.63. The van der Waals surface area contributed by atoms with E-state index < -0.39 is 0 Å². The molecule has 3 rings (SSSR count). The van der Waals surface area contributed by atoms with Crippen LogP contribution in [0.1, 0.15) is 22.3 Å². The average Bonchev–Trinajstić information content (AvgIpc) is 2.60. The summed E-state index contributed by atoms with van der Waals surface area (Å²) in [5.74, 6) is 0.325. The van der Waals surface area contributed by atoms with E-state index in [1.54, 1.807) is 24.3 Å². The first kappa shape index (κ1) is 18.5. The van der Waals surface area contributed by atoms with Gasteiger partial charge in [0.2, 0.25) is 0 Å². The fourth-order valence-corrected chi connectivity index (χ4v) is 3.12. The molecule has 0 unspecified atom stereocenters. The van der Waals surface area contributed by atoms with Gasteiger partial charge in [-0.15, -0.1) is 0 Å². The van der Waals surface area contributed by atoms with Crippen molar-refractivity contribution in [2.45, 2.75) is 25.7 Å². The number of benzene rings is 3. The van der Waals surface area contributed by atoms with E-state index in [4.69, 9.17) is 0 Å². The molecule has 0 aliphatic carbocycles. The van der Waals surface area contributed by atoms with E-state index in [2.05, 4.69) is 0 Å². The lowest BCUT2D eigenvalue weighted by Crippen LogP contribution is -1.96. The van der Waals surface area contributed by atoms with Crippen molar-refractivity contribution < 1.29 is 25.5 Å². The Balaban J connectivity index is 1.68. The van der Waals surface area contributed by atoms with Crippen LogP contribution in [0, 0.1) is 0 Å². The third kappa shape index (κ3) is 4.85. The predicted octanol–water partition coefficient (Wildman–Crippen LogP) is 3.79. The maximum atomic E-state index is 10.0. The summed E-state index contributed by atoms with van der Waals surface area (Å²) in [5, 5.41) is 48.5. The molecule has 27 heavy (non-hydrogen) atoms. The van der Waals surface area contributed by atoms with Crippen LogP contribution in [0.5, 0.6) is 28.7 Å². The minimum atomic E-state index is 0.0216. The minimum Gasteiger partial charge on any atom is -0.508 e. The highest BCUT2D eigenvalue weighted by atomic mass is 16.3. The third-order valence-electron chi connectivity index (χ3n) is 4.54. The molecule has 140 valence electrons. The number of aryl methyl sites for hydroxylation is 4. The number of phenolic OH excluding ortho intramolecular Hbond substituents is 5. The summed E-state index contributed by atoms with van der Waals surface area (Å²) in [6, 6.07) is 14.4. The van der Waals surface area contributed by atoms with Gasteiger partial charge in [-0.3, -0.25) is 0 Å². The quantitative estimate of drug-likeness (QED) is 0.457. The SMILES string of the molecule is Oc1cc(CCc2ccc(O)cc2O)cc(CCc2ccc(O)cc2O)c1. The van der Waals surface area contributed by atoms with Gasteiger partial charge in [0.25, 0.3) is 0 Å². The van der Waals surface area contributed by atoms with Crippen molar-refractivity contribution in [1.29, 1.82) is 0 Å². The maximum Gasteiger partial charge on any atom is 0.122 e. The molecule has 3 aromatic carbocycles. The highest BCUT2D eigenvalue weighted by Gasteiger charge is 2.07. The topological polar surface area (TPSA) is 101 Å². The summed E-state index contributed by atoms with van der Waals surface area (Å²) in [6.07, 6.45) is 2.41. The van der Waals surface area contributed by atoms with Crippen molar-refractivity contribution in [2.24, 2.45) is 0 Å². The van der Waals surface area contributed by atoms with Crippen molar-refractivity contribution in [3.05, 3.63) is 76.9 Å². The summed E-state index contributed by atoms with van der Waals surface area (Å²) in [5.41, 5.74) is 3.33. The molecule has 3 aromatic rings. The third-order valence-corrected chi connectivity index (χ3v) is 4.54. The molecule has 0 saturated heterocycles. The number of hydrogen-bond donors (Lipinski definition) is 5. The van der Waals surface area contributed by atoms with E-state index in [0.717, 1.165) is 22.3 Å². The van der Waals surface area contributed by atoms with Crippen LogP contribution in [0.2, 0.25) is 0 Å². The molecule has 0 bridgehead atoms. The smallest absolute Gasteiger partial charge is 0.122 e. The van der Waals surface area contributed by atoms with Gasteiger partial charge in [0.15, 0.2) is 0 Å². The molecule has 0 amide bonds. The van der Waals surface area contributed by atoms with Crippen LogP contribution in [0.4, 0.5) is 0 Å². The van der Waals surface area contributed by atoms with Crippen molar-refractivity contribution in [2.75, 3.05) is 0 Å². The molecule has 0 fully saturated rings. The lowest BCUT2D eigenvalue weighted by atomic mass is 9.98. The van der Waals surface area contributed by atoms with Crippen LogP contribution in [-0.4, -0.2) is 25.5 Å². The largest absolute Gasteiger partial charge is 0.508 e. The van der Waals surface area contributed by atoms with E-state index in [1.165, 1.54) is 24.3 Å². The molecule has 0 atom stereocenters. The van der Waals surface area contributed by atoms with Gasteiger partial charge in [-0.25, -0.2) is 0 Å². The zero-order valence-electron chi connectivity index (χ0n) is 14.8. The zero-order valence-corrected chi connectivity index (χ0v) is 14.8. The first-order valence-corrected chi connectivity index (χ1v) is 8.74. The van der Waals surface area contributed by atoms with Crippen LogP contribution in [0.25, 0.3) is 0 Å². The van der Waals surface area contributed by atoms with Crippen LogP contribution >= 0.6 is 0 Å². The second-order valence-electron chi connectivity index (χ2n) is 6.63. The summed E-state index contributed by atoms with van der Waals surface area (Å²) in [6.45, 7) is 0. The normalized spacial score (nSPS) is 10.8. The summed E-state index contributed by atoms with van der Waals surface area (Å²) < 4.78 is 0. The highest BCUT2D eigenvalue weighted by molar-refractivity contribution is 5.42. The molecule has 0 saturated carbocycles. The Hall–Kier alpha value is -3.34. The summed E-state index contributed by atoms with van der Waals surface area (Å²) in [4.78, 5) is 0. The van der Waals surface area contributed by atoms with Gasteiger partial charge in [-0.2, -0.15) is 0 Å². The molecule has 0 aliphatic rings. The van der Waals surface area contributed by atoms with Gasteiger partial charge in [0.05, 0.1) is 0 Å². The first-order valence-electron chi connectivity index (χ1n) is 8.74. The molecule has 0 spiro atoms. The van der Waals surface area contributed by atoms with Crippen molar-refractivity contribution in [1.82, 2.24) is 0 Å². The number of phenols is 5. The van der Waals surface area contributed by atoms with Gasteiger partial charge in [0.1, 0.15) is 28.7 Å². The molecule has 0 heterocycles. The molecule has 5 N–H and O–H groups in total. The molecule has 5 nitrogen and oxygen atoms in total. The predicted molar refractivity (Wildman–Crippen MR) is 102 cm³/mol. The molecule has 0 aliphatic heterocycles. The molecule has 5 heteroatoms. The monoisotopic (exact) mass is 366 g/mol. The Bertz CT molecular complexity index is 876. The van der Waals surface area contributed by atoms with Crippen LogP contribution in [-0.2, 0) is 25.7 Å². The highest BCUT2D eigenvalue weighted by Crippen LogP contribution is 2.27. The van der Waals surface area contributed by atoms with Gasteiger partial charge in [0, 0.05) is 12.1 Å². The fraction of sp³-hybridized carbons (Fsp3) is 0.182. The molecule has 0 radical (unpaired) electrons. The standard InChI is InChI=1S/C22H22O5/c23-18-7-5-16(21(26)12-18)3-1-14-9-15(11-20(25)10-14)2-4-17-6-8-19(24)13-22(17)27/h5-13,23-27H,1-4H2. The van der Waals surface area contributed by atoms with Crippen molar-refractivity contribution >= 4 is 0 Å². The minimum absolute atomic E-state index is 0.0216. The van der Waals surface area contributed by atoms with Crippen molar-refractivity contribution in [3.63, 3.8) is 0 Å². The van der Waals surface area contributed by atoms with Gasteiger partial charge in [-0.05, 0) is 72.2 Å². The molecule has 0 aromatic heterocycles. The van der Waals surface area contributed by atoms with E-state index >= 15 is 0 Å². The van der Waals surface area contributed by atoms with Crippen LogP contribution in [0.3, 0.4) is 0 Å². The first-order chi connectivity index (χ1) is 12.9. The van der Waals surface area contributed by atoms with Gasteiger partial charge >= 0.3 is 0 Å². The van der Waals surface area contributed by atoms with Crippen LogP contribution < -0.4 is 0 Å². The summed E-state index contributed by atoms with van der Waals surface area (Å²) in [7, 11) is 0. The van der Waals surface area contributed by atoms with Crippen molar-refractivity contribution in [3.8, 4) is 28.7 Å². The van der Waals surface area contributed by atoms with Gasteiger partial charge < -0.3 is 25.5 Å². The number of aromatic hydroxyl groups is 5. The van der Waals surface area contributed by atoms with E-state index in [1.807, 2.05) is 6.07 Å². The Morgan fingerprint density at radius 3 is 1.30 bits per heavy atom. The summed E-state index contributed by atoms with van der Waals surface area (Å²) >= 11 is 0. The second kappa shape index (κ2) is 7.91. The Morgan fingerprint density at radius 2 is 0.889 bits per heavy atom. The van der Waals surface area contributed by atoms with Gasteiger partial charge in [-0.1, -0.05) is 18.2 Å². The van der Waals surface area contributed by atoms with E-state index in [9.17, 15) is 25.5 Å². The Kier molecular flexibility index (Phi) is 5.41. The lowest BCUT2D eigenvalue weighted by molar-refractivity contribution is 0.445. The zero-order chi connectivity index (χ0) is 19.4. The lowest BCUT2D eigenvalue weighted by Gasteiger charge is -2.09. The maximum absolute atomic E-state index is 10.0. The molecular weight excluding hydrogens is 344 g/mol. The van der Waals surface area contributed by atoms with E-state index in [-0.39, 0.29) is 28.7 Å². The van der Waals surface area contributed by atoms with Crippen LogP contribution in [0.15, 0.2) is 54.6 Å². The Labute approximate surface area is 157 Å². The van der Waals surface area contributed by atoms with E-state index in [0.29, 0.717) is 25.7 Å². The number of hydrogen-bond acceptors (Lipinski definition) is 5. The molecular formula is C22H22O5. The average molecular weight is 366 g/mol.